The van der Waals surface area contributed by atoms with Crippen LogP contribution in [0.3, 0.4) is 0 Å². The number of nitrogens with zero attached hydrogens (tertiary/aromatic N) is 1. The minimum atomic E-state index is -0.396. The summed E-state index contributed by atoms with van der Waals surface area (Å²) in [7, 11) is 1.56. The van der Waals surface area contributed by atoms with Gasteiger partial charge in [-0.15, -0.1) is 0 Å². The van der Waals surface area contributed by atoms with Crippen molar-refractivity contribution in [2.45, 2.75) is 6.92 Å². The van der Waals surface area contributed by atoms with Crippen molar-refractivity contribution < 1.29 is 14.3 Å². The van der Waals surface area contributed by atoms with Crippen LogP contribution in [0.1, 0.15) is 22.8 Å². The van der Waals surface area contributed by atoms with Crippen LogP contribution in [0.4, 0.5) is 0 Å². The van der Waals surface area contributed by atoms with Crippen LogP contribution in [0.25, 0.3) is 0 Å². The third kappa shape index (κ3) is 5.11. The molecule has 8 heteroatoms. The van der Waals surface area contributed by atoms with E-state index in [4.69, 9.17) is 32.7 Å². The molecule has 0 heterocycles. The predicted octanol–water partition coefficient (Wildman–Crippen LogP) is 4.93. The third-order valence-corrected chi connectivity index (χ3v) is 4.43. The zero-order valence-corrected chi connectivity index (χ0v) is 16.6. The van der Waals surface area contributed by atoms with Crippen molar-refractivity contribution in [1.82, 2.24) is 5.43 Å². The quantitative estimate of drug-likeness (QED) is 0.506. The lowest BCUT2D eigenvalue weighted by Gasteiger charge is -2.11. The normalized spacial score (nSPS) is 10.8. The molecule has 0 saturated carbocycles. The smallest absolute Gasteiger partial charge is 0.271 e. The fourth-order valence-corrected chi connectivity index (χ4v) is 2.91. The Hall–Kier alpha value is -1.76. The van der Waals surface area contributed by atoms with Crippen LogP contribution >= 0.6 is 39.1 Å². The molecule has 25 heavy (non-hydrogen) atoms. The number of hydrogen-bond acceptors (Lipinski definition) is 4. The predicted molar refractivity (Wildman–Crippen MR) is 103 cm³/mol. The Morgan fingerprint density at radius 2 is 2.04 bits per heavy atom. The molecule has 0 atom stereocenters. The number of methoxy groups -OCH3 is 1. The Morgan fingerprint density at radius 1 is 1.28 bits per heavy atom. The van der Waals surface area contributed by atoms with E-state index in [2.05, 4.69) is 26.5 Å². The number of hydrogen-bond donors (Lipinski definition) is 1. The summed E-state index contributed by atoms with van der Waals surface area (Å²) in [6.07, 6.45) is 1.50. The molecule has 0 aliphatic carbocycles. The summed E-state index contributed by atoms with van der Waals surface area (Å²) in [5.41, 5.74) is 3.52. The number of ether oxygens (including phenoxy) is 2. The molecule has 0 bridgehead atoms. The number of benzene rings is 2. The molecule has 0 radical (unpaired) electrons. The number of carbonyl (C=O) groups excluding carboxylic acids is 1. The van der Waals surface area contributed by atoms with E-state index in [9.17, 15) is 4.79 Å². The fraction of sp³-hybridized carbons (Fsp3) is 0.176. The lowest BCUT2D eigenvalue weighted by molar-refractivity contribution is 0.0955. The van der Waals surface area contributed by atoms with Gasteiger partial charge in [0.1, 0.15) is 0 Å². The van der Waals surface area contributed by atoms with Crippen molar-refractivity contribution in [2.24, 2.45) is 5.10 Å². The molecule has 2 aromatic carbocycles. The Kier molecular flexibility index (Phi) is 7.11. The molecule has 2 rings (SSSR count). The molecule has 0 fully saturated rings. The first-order valence-corrected chi connectivity index (χ1v) is 8.80. The summed E-state index contributed by atoms with van der Waals surface area (Å²) in [5.74, 6) is 0.780. The van der Waals surface area contributed by atoms with Crippen molar-refractivity contribution in [2.75, 3.05) is 13.7 Å². The Balaban J connectivity index is 2.13. The van der Waals surface area contributed by atoms with Gasteiger partial charge in [-0.3, -0.25) is 4.79 Å². The highest BCUT2D eigenvalue weighted by Gasteiger charge is 2.11. The minimum Gasteiger partial charge on any atom is -0.492 e. The highest BCUT2D eigenvalue weighted by molar-refractivity contribution is 9.10. The van der Waals surface area contributed by atoms with Gasteiger partial charge in [-0.25, -0.2) is 5.43 Å². The van der Waals surface area contributed by atoms with Crippen molar-refractivity contribution in [3.63, 3.8) is 0 Å². The number of carbonyl (C=O) groups is 1. The molecule has 0 unspecified atom stereocenters. The Bertz CT molecular complexity index is 813. The van der Waals surface area contributed by atoms with E-state index in [1.165, 1.54) is 12.3 Å². The number of halogens is 3. The van der Waals surface area contributed by atoms with Crippen LogP contribution in [0.5, 0.6) is 11.5 Å². The van der Waals surface area contributed by atoms with E-state index in [1.807, 2.05) is 6.92 Å². The van der Waals surface area contributed by atoms with Crippen LogP contribution in [0, 0.1) is 0 Å². The molecule has 132 valence electrons. The highest BCUT2D eigenvalue weighted by atomic mass is 79.9. The summed E-state index contributed by atoms with van der Waals surface area (Å²) < 4.78 is 11.6. The average molecular weight is 446 g/mol. The largest absolute Gasteiger partial charge is 0.492 e. The SMILES string of the molecule is CCOc1cc(/C=N\NC(=O)c2ccc(Cl)c(Cl)c2)cc(Br)c1OC. The maximum atomic E-state index is 12.1. The van der Waals surface area contributed by atoms with Crippen molar-refractivity contribution in [3.8, 4) is 11.5 Å². The summed E-state index contributed by atoms with van der Waals surface area (Å²) in [6.45, 7) is 2.38. The average Bonchev–Trinajstić information content (AvgIpc) is 2.57. The summed E-state index contributed by atoms with van der Waals surface area (Å²) in [6, 6.07) is 8.16. The van der Waals surface area contributed by atoms with Gasteiger partial charge in [0.25, 0.3) is 5.91 Å². The van der Waals surface area contributed by atoms with Gasteiger partial charge in [0, 0.05) is 5.56 Å². The monoisotopic (exact) mass is 444 g/mol. The second-order valence-corrected chi connectivity index (χ2v) is 6.46. The lowest BCUT2D eigenvalue weighted by Crippen LogP contribution is -2.17. The molecule has 0 aromatic heterocycles. The molecule has 2 aromatic rings. The minimum absolute atomic E-state index is 0.304. The first kappa shape index (κ1) is 19.6. The summed E-state index contributed by atoms with van der Waals surface area (Å²) >= 11 is 15.1. The van der Waals surface area contributed by atoms with E-state index in [0.29, 0.717) is 33.7 Å². The second-order valence-electron chi connectivity index (χ2n) is 4.80. The molecule has 5 nitrogen and oxygen atoms in total. The second kappa shape index (κ2) is 9.08. The maximum Gasteiger partial charge on any atom is 0.271 e. The maximum absolute atomic E-state index is 12.1. The van der Waals surface area contributed by atoms with Gasteiger partial charge in [0.2, 0.25) is 0 Å². The van der Waals surface area contributed by atoms with Gasteiger partial charge in [0.05, 0.1) is 34.4 Å². The number of rotatable bonds is 6. The van der Waals surface area contributed by atoms with Gasteiger partial charge in [-0.2, -0.15) is 5.10 Å². The molecular formula is C17H15BrCl2N2O3. The zero-order valence-electron chi connectivity index (χ0n) is 13.5. The van der Waals surface area contributed by atoms with Crippen LogP contribution in [0.2, 0.25) is 10.0 Å². The van der Waals surface area contributed by atoms with Crippen molar-refractivity contribution in [3.05, 3.63) is 56.0 Å². The summed E-state index contributed by atoms with van der Waals surface area (Å²) in [4.78, 5) is 12.1. The highest BCUT2D eigenvalue weighted by Crippen LogP contribution is 2.36. The molecular weight excluding hydrogens is 431 g/mol. The summed E-state index contributed by atoms with van der Waals surface area (Å²) in [5, 5.41) is 4.64. The van der Waals surface area contributed by atoms with E-state index >= 15 is 0 Å². The van der Waals surface area contributed by atoms with Crippen LogP contribution in [-0.2, 0) is 0 Å². The standard InChI is InChI=1S/C17H15BrCl2N2O3/c1-3-25-15-7-10(6-12(18)16(15)24-2)9-21-22-17(23)11-4-5-13(19)14(20)8-11/h4-9H,3H2,1-2H3,(H,22,23)/b21-9-. The fourth-order valence-electron chi connectivity index (χ4n) is 1.99. The van der Waals surface area contributed by atoms with Crippen molar-refractivity contribution in [1.29, 1.82) is 0 Å². The van der Waals surface area contributed by atoms with Crippen molar-refractivity contribution >= 4 is 51.3 Å². The molecule has 1 amide bonds. The number of hydrazone groups is 1. The Morgan fingerprint density at radius 3 is 2.68 bits per heavy atom. The number of nitrogens with one attached hydrogen (secondary N) is 1. The topological polar surface area (TPSA) is 59.9 Å². The van der Waals surface area contributed by atoms with E-state index in [-0.39, 0.29) is 0 Å². The van der Waals surface area contributed by atoms with Gasteiger partial charge >= 0.3 is 0 Å². The molecule has 0 saturated heterocycles. The lowest BCUT2D eigenvalue weighted by atomic mass is 10.2. The van der Waals surface area contributed by atoms with Gasteiger partial charge in [-0.1, -0.05) is 23.2 Å². The van der Waals surface area contributed by atoms with Gasteiger partial charge in [-0.05, 0) is 58.7 Å². The van der Waals surface area contributed by atoms with E-state index < -0.39 is 5.91 Å². The van der Waals surface area contributed by atoms with Crippen LogP contribution < -0.4 is 14.9 Å². The molecule has 0 aliphatic heterocycles. The van der Waals surface area contributed by atoms with E-state index in [0.717, 1.165) is 10.0 Å². The molecule has 1 N–H and O–H groups in total. The molecule has 0 spiro atoms. The van der Waals surface area contributed by atoms with Gasteiger partial charge < -0.3 is 9.47 Å². The molecule has 0 aliphatic rings. The first-order valence-electron chi connectivity index (χ1n) is 7.25. The van der Waals surface area contributed by atoms with Crippen LogP contribution in [0.15, 0.2) is 39.9 Å². The van der Waals surface area contributed by atoms with E-state index in [1.54, 1.807) is 31.4 Å². The van der Waals surface area contributed by atoms with Crippen LogP contribution in [-0.4, -0.2) is 25.8 Å². The zero-order chi connectivity index (χ0) is 18.4. The van der Waals surface area contributed by atoms with Gasteiger partial charge in [0.15, 0.2) is 11.5 Å². The first-order chi connectivity index (χ1) is 12.0. The number of amides is 1. The third-order valence-electron chi connectivity index (χ3n) is 3.10. The Labute approximate surface area is 164 Å².